The van der Waals surface area contributed by atoms with Crippen LogP contribution in [0.1, 0.15) is 5.56 Å². The van der Waals surface area contributed by atoms with E-state index in [0.29, 0.717) is 12.3 Å². The second-order valence-corrected chi connectivity index (χ2v) is 6.20. The summed E-state index contributed by atoms with van der Waals surface area (Å²) in [5, 5.41) is 21.2. The van der Waals surface area contributed by atoms with Gasteiger partial charge in [-0.15, -0.1) is 12.4 Å². The van der Waals surface area contributed by atoms with Crippen molar-refractivity contribution in [1.82, 2.24) is 15.5 Å². The second kappa shape index (κ2) is 10.8. The van der Waals surface area contributed by atoms with E-state index in [1.807, 2.05) is 36.4 Å². The van der Waals surface area contributed by atoms with Gasteiger partial charge in [0.05, 0.1) is 31.3 Å². The Balaban J connectivity index is 0.00000280. The van der Waals surface area contributed by atoms with Crippen LogP contribution in [0.2, 0.25) is 0 Å². The van der Waals surface area contributed by atoms with Crippen LogP contribution in [0, 0.1) is 0 Å². The maximum Gasteiger partial charge on any atom is 0.160 e. The van der Waals surface area contributed by atoms with Crippen LogP contribution in [0.25, 0.3) is 10.9 Å². The van der Waals surface area contributed by atoms with E-state index in [9.17, 15) is 5.11 Å². The molecular weight excluding hydrogens is 382 g/mol. The van der Waals surface area contributed by atoms with E-state index < -0.39 is 6.10 Å². The summed E-state index contributed by atoms with van der Waals surface area (Å²) in [5.74, 6) is 2.15. The molecule has 0 saturated carbocycles. The lowest BCUT2D eigenvalue weighted by molar-refractivity contribution is 0.107. The number of nitrogens with one attached hydrogen (secondary N) is 2. The molecule has 2 aromatic carbocycles. The van der Waals surface area contributed by atoms with Gasteiger partial charge in [-0.3, -0.25) is 5.10 Å². The maximum absolute atomic E-state index is 10.1. The van der Waals surface area contributed by atoms with Crippen LogP contribution in [-0.4, -0.2) is 55.3 Å². The van der Waals surface area contributed by atoms with Crippen LogP contribution in [0.5, 0.6) is 17.2 Å². The lowest BCUT2D eigenvalue weighted by Gasteiger charge is -2.14. The Labute approximate surface area is 170 Å². The van der Waals surface area contributed by atoms with Crippen molar-refractivity contribution < 1.29 is 19.3 Å². The van der Waals surface area contributed by atoms with Crippen LogP contribution >= 0.6 is 12.4 Å². The van der Waals surface area contributed by atoms with Gasteiger partial charge in [-0.1, -0.05) is 12.1 Å². The van der Waals surface area contributed by atoms with E-state index >= 15 is 0 Å². The number of ether oxygens (including phenoxy) is 3. The van der Waals surface area contributed by atoms with Gasteiger partial charge in [0.1, 0.15) is 18.5 Å². The maximum atomic E-state index is 10.1. The molecular formula is C20H26ClN3O4. The van der Waals surface area contributed by atoms with E-state index in [4.69, 9.17) is 14.2 Å². The number of nitrogens with zero attached hydrogens (tertiary/aromatic N) is 1. The van der Waals surface area contributed by atoms with Crippen molar-refractivity contribution in [3.8, 4) is 17.2 Å². The largest absolute Gasteiger partial charge is 0.493 e. The molecule has 0 radical (unpaired) electrons. The van der Waals surface area contributed by atoms with Gasteiger partial charge in [-0.25, -0.2) is 0 Å². The molecule has 1 atom stereocenters. The fourth-order valence-electron chi connectivity index (χ4n) is 2.85. The molecule has 0 saturated heterocycles. The fourth-order valence-corrected chi connectivity index (χ4v) is 2.85. The summed E-state index contributed by atoms with van der Waals surface area (Å²) in [7, 11) is 3.25. The number of rotatable bonds is 10. The van der Waals surface area contributed by atoms with Gasteiger partial charge in [0, 0.05) is 6.54 Å². The molecule has 0 aliphatic heterocycles. The van der Waals surface area contributed by atoms with E-state index in [2.05, 4.69) is 15.5 Å². The third-order valence-corrected chi connectivity index (χ3v) is 4.29. The Morgan fingerprint density at radius 2 is 1.93 bits per heavy atom. The van der Waals surface area contributed by atoms with E-state index in [1.54, 1.807) is 20.4 Å². The van der Waals surface area contributed by atoms with E-state index in [1.165, 1.54) is 0 Å². The molecule has 0 spiro atoms. The molecule has 1 aromatic heterocycles. The quantitative estimate of drug-likeness (QED) is 0.448. The number of aromatic nitrogens is 2. The molecule has 28 heavy (non-hydrogen) atoms. The number of H-pyrrole nitrogens is 1. The van der Waals surface area contributed by atoms with Gasteiger partial charge in [-0.05, 0) is 42.8 Å². The summed E-state index contributed by atoms with van der Waals surface area (Å²) < 4.78 is 16.3. The summed E-state index contributed by atoms with van der Waals surface area (Å²) in [4.78, 5) is 0. The summed E-state index contributed by atoms with van der Waals surface area (Å²) in [6.07, 6.45) is 1.94. The minimum Gasteiger partial charge on any atom is -0.493 e. The summed E-state index contributed by atoms with van der Waals surface area (Å²) in [6, 6.07) is 11.6. The van der Waals surface area contributed by atoms with Crippen LogP contribution in [0.4, 0.5) is 0 Å². The number of aliphatic hydroxyl groups is 1. The summed E-state index contributed by atoms with van der Waals surface area (Å²) in [5.41, 5.74) is 2.05. The number of aliphatic hydroxyl groups excluding tert-OH is 1. The number of hydrogen-bond donors (Lipinski definition) is 3. The molecule has 7 nitrogen and oxygen atoms in total. The minimum atomic E-state index is -0.599. The zero-order valence-corrected chi connectivity index (χ0v) is 16.8. The van der Waals surface area contributed by atoms with Crippen molar-refractivity contribution in [2.45, 2.75) is 12.5 Å². The SMILES string of the molecule is COc1ccc(CCNCC(O)COc2cccc3[nH]ncc23)cc1OC.Cl. The average molecular weight is 408 g/mol. The Morgan fingerprint density at radius 1 is 1.11 bits per heavy atom. The number of aromatic amines is 1. The third-order valence-electron chi connectivity index (χ3n) is 4.29. The number of hydrogen-bond acceptors (Lipinski definition) is 6. The standard InChI is InChI=1S/C20H25N3O4.ClH/c1-25-19-7-6-14(10-20(19)26-2)8-9-21-11-15(24)13-27-18-5-3-4-17-16(18)12-22-23-17;/h3-7,10,12,15,21,24H,8-9,11,13H2,1-2H3,(H,22,23);1H. The summed E-state index contributed by atoms with van der Waals surface area (Å²) >= 11 is 0. The Morgan fingerprint density at radius 3 is 2.71 bits per heavy atom. The molecule has 0 aliphatic carbocycles. The van der Waals surface area contributed by atoms with E-state index in [0.717, 1.165) is 40.9 Å². The number of methoxy groups -OCH3 is 2. The highest BCUT2D eigenvalue weighted by atomic mass is 35.5. The molecule has 3 rings (SSSR count). The van der Waals surface area contributed by atoms with Crippen LogP contribution in [0.3, 0.4) is 0 Å². The van der Waals surface area contributed by atoms with Crippen LogP contribution in [-0.2, 0) is 6.42 Å². The Kier molecular flexibility index (Phi) is 8.38. The third kappa shape index (κ3) is 5.51. The highest BCUT2D eigenvalue weighted by Crippen LogP contribution is 2.27. The molecule has 0 aliphatic rings. The lowest BCUT2D eigenvalue weighted by Crippen LogP contribution is -2.32. The Hall–Kier alpha value is -2.48. The Bertz CT molecular complexity index is 872. The first-order valence-corrected chi connectivity index (χ1v) is 8.86. The second-order valence-electron chi connectivity index (χ2n) is 6.20. The highest BCUT2D eigenvalue weighted by Gasteiger charge is 2.09. The van der Waals surface area contributed by atoms with Gasteiger partial charge in [0.15, 0.2) is 11.5 Å². The number of fused-ring (bicyclic) bond motifs is 1. The first kappa shape index (κ1) is 21.8. The molecule has 1 unspecified atom stereocenters. The zero-order valence-electron chi connectivity index (χ0n) is 16.0. The summed E-state index contributed by atoms with van der Waals surface area (Å²) in [6.45, 7) is 1.41. The molecule has 0 amide bonds. The lowest BCUT2D eigenvalue weighted by atomic mass is 10.1. The fraction of sp³-hybridized carbons (Fsp3) is 0.350. The van der Waals surface area contributed by atoms with Crippen molar-refractivity contribution in [3.63, 3.8) is 0 Å². The first-order chi connectivity index (χ1) is 13.2. The number of benzene rings is 2. The molecule has 3 aromatic rings. The monoisotopic (exact) mass is 407 g/mol. The molecule has 0 bridgehead atoms. The predicted molar refractivity (Wildman–Crippen MR) is 111 cm³/mol. The van der Waals surface area contributed by atoms with Crippen molar-refractivity contribution >= 4 is 23.3 Å². The highest BCUT2D eigenvalue weighted by molar-refractivity contribution is 5.85. The molecule has 0 fully saturated rings. The van der Waals surface area contributed by atoms with Gasteiger partial charge in [0.2, 0.25) is 0 Å². The van der Waals surface area contributed by atoms with Gasteiger partial charge in [-0.2, -0.15) is 5.10 Å². The number of halogens is 1. The van der Waals surface area contributed by atoms with Gasteiger partial charge in [0.25, 0.3) is 0 Å². The van der Waals surface area contributed by atoms with Crippen molar-refractivity contribution in [3.05, 3.63) is 48.2 Å². The van der Waals surface area contributed by atoms with Crippen LogP contribution in [0.15, 0.2) is 42.6 Å². The zero-order chi connectivity index (χ0) is 19.1. The van der Waals surface area contributed by atoms with Crippen molar-refractivity contribution in [1.29, 1.82) is 0 Å². The van der Waals surface area contributed by atoms with Crippen LogP contribution < -0.4 is 19.5 Å². The normalized spacial score (nSPS) is 11.7. The van der Waals surface area contributed by atoms with Crippen molar-refractivity contribution in [2.75, 3.05) is 33.9 Å². The predicted octanol–water partition coefficient (Wildman–Crippen LogP) is 2.57. The topological polar surface area (TPSA) is 88.6 Å². The molecule has 1 heterocycles. The molecule has 8 heteroatoms. The van der Waals surface area contributed by atoms with Gasteiger partial charge < -0.3 is 24.6 Å². The van der Waals surface area contributed by atoms with E-state index in [-0.39, 0.29) is 19.0 Å². The smallest absolute Gasteiger partial charge is 0.160 e. The van der Waals surface area contributed by atoms with Crippen molar-refractivity contribution in [2.24, 2.45) is 0 Å². The molecule has 152 valence electrons. The average Bonchev–Trinajstić information content (AvgIpc) is 3.18. The van der Waals surface area contributed by atoms with Gasteiger partial charge >= 0.3 is 0 Å². The first-order valence-electron chi connectivity index (χ1n) is 8.86. The minimum absolute atomic E-state index is 0. The molecule has 3 N–H and O–H groups in total.